The predicted molar refractivity (Wildman–Crippen MR) is 78.5 cm³/mol. The smallest absolute Gasteiger partial charge is 0.328 e. The first kappa shape index (κ1) is 16.1. The van der Waals surface area contributed by atoms with Crippen LogP contribution >= 0.6 is 0 Å². The van der Waals surface area contributed by atoms with E-state index in [0.717, 1.165) is 11.4 Å². The monoisotopic (exact) mass is 281 g/mol. The van der Waals surface area contributed by atoms with Gasteiger partial charge in [0.25, 0.3) is 0 Å². The van der Waals surface area contributed by atoms with Crippen LogP contribution in [0.3, 0.4) is 0 Å². The summed E-state index contributed by atoms with van der Waals surface area (Å²) in [5.74, 6) is 1.13. The third kappa shape index (κ3) is 4.33. The van der Waals surface area contributed by atoms with E-state index in [2.05, 4.69) is 5.32 Å². The summed E-state index contributed by atoms with van der Waals surface area (Å²) in [7, 11) is 1.38. The summed E-state index contributed by atoms with van der Waals surface area (Å²) in [6.07, 6.45) is 0.622. The molecular formula is C15H23NO4. The van der Waals surface area contributed by atoms with Gasteiger partial charge >= 0.3 is 5.97 Å². The second kappa shape index (κ2) is 8.30. The molecule has 0 aliphatic carbocycles. The number of ether oxygens (including phenoxy) is 3. The first-order chi connectivity index (χ1) is 9.65. The Balaban J connectivity index is 2.98. The lowest BCUT2D eigenvalue weighted by atomic mass is 10.2. The fourth-order valence-electron chi connectivity index (χ4n) is 1.82. The summed E-state index contributed by atoms with van der Waals surface area (Å²) in [6, 6.07) is 5.11. The van der Waals surface area contributed by atoms with Gasteiger partial charge in [-0.15, -0.1) is 0 Å². The third-order valence-electron chi connectivity index (χ3n) is 2.79. The first-order valence-corrected chi connectivity index (χ1v) is 6.90. The van der Waals surface area contributed by atoms with Crippen molar-refractivity contribution in [2.24, 2.45) is 0 Å². The van der Waals surface area contributed by atoms with Crippen LogP contribution in [0.1, 0.15) is 27.2 Å². The van der Waals surface area contributed by atoms with Gasteiger partial charge in [0, 0.05) is 6.07 Å². The maximum absolute atomic E-state index is 11.7. The number of anilines is 1. The lowest BCUT2D eigenvalue weighted by Crippen LogP contribution is -2.30. The maximum atomic E-state index is 11.7. The molecule has 0 aliphatic rings. The standard InChI is InChI=1S/C15H23NO4/c1-5-12(15(17)18-4)16-13-10-11(19-6-2)8-9-14(13)20-7-3/h8-10,12,16H,5-7H2,1-4H3. The largest absolute Gasteiger partial charge is 0.494 e. The lowest BCUT2D eigenvalue weighted by Gasteiger charge is -2.19. The van der Waals surface area contributed by atoms with E-state index >= 15 is 0 Å². The number of hydrogen-bond acceptors (Lipinski definition) is 5. The van der Waals surface area contributed by atoms with Gasteiger partial charge in [-0.05, 0) is 32.4 Å². The Kier molecular flexibility index (Phi) is 6.70. The summed E-state index contributed by atoms with van der Waals surface area (Å²) in [6.45, 7) is 6.89. The molecule has 1 aromatic carbocycles. The normalized spacial score (nSPS) is 11.6. The molecule has 0 radical (unpaired) electrons. The van der Waals surface area contributed by atoms with E-state index in [0.29, 0.717) is 25.4 Å². The highest BCUT2D eigenvalue weighted by atomic mass is 16.5. The van der Waals surface area contributed by atoms with Crippen LogP contribution in [0.25, 0.3) is 0 Å². The highest BCUT2D eigenvalue weighted by molar-refractivity contribution is 5.80. The van der Waals surface area contributed by atoms with E-state index in [9.17, 15) is 4.79 Å². The molecular weight excluding hydrogens is 258 g/mol. The molecule has 1 unspecified atom stereocenters. The van der Waals surface area contributed by atoms with Crippen molar-refractivity contribution in [3.05, 3.63) is 18.2 Å². The van der Waals surface area contributed by atoms with E-state index in [1.807, 2.05) is 39.0 Å². The van der Waals surface area contributed by atoms with Crippen molar-refractivity contribution in [3.63, 3.8) is 0 Å². The Hall–Kier alpha value is -1.91. The van der Waals surface area contributed by atoms with E-state index in [-0.39, 0.29) is 5.97 Å². The minimum Gasteiger partial charge on any atom is -0.494 e. The summed E-state index contributed by atoms with van der Waals surface area (Å²) in [4.78, 5) is 11.7. The van der Waals surface area contributed by atoms with Crippen LogP contribution in [-0.4, -0.2) is 32.3 Å². The Bertz CT molecular complexity index is 434. The number of hydrogen-bond donors (Lipinski definition) is 1. The quantitative estimate of drug-likeness (QED) is 0.743. The van der Waals surface area contributed by atoms with E-state index < -0.39 is 6.04 Å². The van der Waals surface area contributed by atoms with Crippen molar-refractivity contribution in [2.45, 2.75) is 33.2 Å². The molecule has 0 saturated heterocycles. The van der Waals surface area contributed by atoms with Crippen LogP contribution in [0.5, 0.6) is 11.5 Å². The molecule has 1 atom stereocenters. The number of rotatable bonds is 8. The van der Waals surface area contributed by atoms with Crippen molar-refractivity contribution < 1.29 is 19.0 Å². The Morgan fingerprint density at radius 3 is 2.45 bits per heavy atom. The molecule has 1 rings (SSSR count). The minimum atomic E-state index is -0.406. The maximum Gasteiger partial charge on any atom is 0.328 e. The average molecular weight is 281 g/mol. The molecule has 5 nitrogen and oxygen atoms in total. The van der Waals surface area contributed by atoms with E-state index in [1.54, 1.807) is 0 Å². The van der Waals surface area contributed by atoms with Crippen molar-refractivity contribution in [3.8, 4) is 11.5 Å². The summed E-state index contributed by atoms with van der Waals surface area (Å²) >= 11 is 0. The van der Waals surface area contributed by atoms with Gasteiger partial charge in [-0.2, -0.15) is 0 Å². The first-order valence-electron chi connectivity index (χ1n) is 6.90. The van der Waals surface area contributed by atoms with Crippen LogP contribution < -0.4 is 14.8 Å². The molecule has 0 aromatic heterocycles. The fourth-order valence-corrected chi connectivity index (χ4v) is 1.82. The van der Waals surface area contributed by atoms with E-state index in [4.69, 9.17) is 14.2 Å². The molecule has 0 bridgehead atoms. The number of nitrogens with one attached hydrogen (secondary N) is 1. The van der Waals surface area contributed by atoms with Crippen LogP contribution in [0, 0.1) is 0 Å². The second-order valence-corrected chi connectivity index (χ2v) is 4.15. The lowest BCUT2D eigenvalue weighted by molar-refractivity contribution is -0.141. The van der Waals surface area contributed by atoms with Crippen LogP contribution in [0.2, 0.25) is 0 Å². The number of carbonyl (C=O) groups excluding carboxylic acids is 1. The van der Waals surface area contributed by atoms with Gasteiger partial charge in [0.05, 0.1) is 26.0 Å². The Morgan fingerprint density at radius 2 is 1.90 bits per heavy atom. The SMILES string of the molecule is CCOc1ccc(OCC)c(NC(CC)C(=O)OC)c1. The summed E-state index contributed by atoms with van der Waals surface area (Å²) in [5.41, 5.74) is 0.732. The van der Waals surface area contributed by atoms with Gasteiger partial charge in [-0.25, -0.2) is 4.79 Å². The summed E-state index contributed by atoms with van der Waals surface area (Å²) in [5, 5.41) is 3.15. The van der Waals surface area contributed by atoms with Crippen LogP contribution in [0.4, 0.5) is 5.69 Å². The molecule has 1 N–H and O–H groups in total. The van der Waals surface area contributed by atoms with Gasteiger partial charge in [-0.1, -0.05) is 6.92 Å². The highest BCUT2D eigenvalue weighted by Gasteiger charge is 2.18. The fraction of sp³-hybridized carbons (Fsp3) is 0.533. The van der Waals surface area contributed by atoms with Crippen molar-refractivity contribution in [2.75, 3.05) is 25.6 Å². The van der Waals surface area contributed by atoms with Crippen molar-refractivity contribution in [1.82, 2.24) is 0 Å². The molecule has 1 aromatic rings. The zero-order valence-corrected chi connectivity index (χ0v) is 12.6. The average Bonchev–Trinajstić information content (AvgIpc) is 2.46. The van der Waals surface area contributed by atoms with Crippen LogP contribution in [0.15, 0.2) is 18.2 Å². The van der Waals surface area contributed by atoms with Gasteiger partial charge < -0.3 is 19.5 Å². The minimum absolute atomic E-state index is 0.295. The highest BCUT2D eigenvalue weighted by Crippen LogP contribution is 2.30. The molecule has 0 spiro atoms. The zero-order chi connectivity index (χ0) is 15.0. The number of benzene rings is 1. The van der Waals surface area contributed by atoms with Gasteiger partial charge in [0.1, 0.15) is 17.5 Å². The Labute approximate surface area is 120 Å². The number of methoxy groups -OCH3 is 1. The molecule has 0 aliphatic heterocycles. The molecule has 0 fully saturated rings. The van der Waals surface area contributed by atoms with Crippen molar-refractivity contribution >= 4 is 11.7 Å². The topological polar surface area (TPSA) is 56.8 Å². The van der Waals surface area contributed by atoms with Gasteiger partial charge in [-0.3, -0.25) is 0 Å². The predicted octanol–water partition coefficient (Wildman–Crippen LogP) is 2.85. The molecule has 0 heterocycles. The number of esters is 1. The third-order valence-corrected chi connectivity index (χ3v) is 2.79. The van der Waals surface area contributed by atoms with E-state index in [1.165, 1.54) is 7.11 Å². The second-order valence-electron chi connectivity index (χ2n) is 4.15. The summed E-state index contributed by atoms with van der Waals surface area (Å²) < 4.78 is 15.8. The van der Waals surface area contributed by atoms with Crippen LogP contribution in [-0.2, 0) is 9.53 Å². The molecule has 20 heavy (non-hydrogen) atoms. The molecule has 5 heteroatoms. The van der Waals surface area contributed by atoms with Gasteiger partial charge in [0.2, 0.25) is 0 Å². The van der Waals surface area contributed by atoms with Gasteiger partial charge in [0.15, 0.2) is 0 Å². The Morgan fingerprint density at radius 1 is 1.20 bits per heavy atom. The molecule has 0 saturated carbocycles. The van der Waals surface area contributed by atoms with Crippen molar-refractivity contribution in [1.29, 1.82) is 0 Å². The molecule has 0 amide bonds. The number of carbonyl (C=O) groups is 1. The zero-order valence-electron chi connectivity index (χ0n) is 12.6. The molecule has 112 valence electrons.